The molecule has 0 aliphatic carbocycles. The first-order valence-electron chi connectivity index (χ1n) is 7.16. The molecule has 0 fully saturated rings. The summed E-state index contributed by atoms with van der Waals surface area (Å²) in [6, 6.07) is 2.18. The Kier molecular flexibility index (Phi) is 7.13. The van der Waals surface area contributed by atoms with Gasteiger partial charge in [-0.1, -0.05) is 6.92 Å². The highest BCUT2D eigenvalue weighted by atomic mass is 16.3. The third-order valence-electron chi connectivity index (χ3n) is 3.34. The molecule has 110 valence electrons. The molecule has 1 aromatic rings. The molecule has 19 heavy (non-hydrogen) atoms. The van der Waals surface area contributed by atoms with E-state index in [0.717, 1.165) is 44.2 Å². The van der Waals surface area contributed by atoms with Gasteiger partial charge in [0.15, 0.2) is 0 Å². The van der Waals surface area contributed by atoms with Crippen LogP contribution in [0.2, 0.25) is 0 Å². The molecule has 0 radical (unpaired) electrons. The van der Waals surface area contributed by atoms with Crippen LogP contribution in [0.15, 0.2) is 10.5 Å². The molecule has 1 heterocycles. The smallest absolute Gasteiger partial charge is 0.118 e. The molecule has 0 unspecified atom stereocenters. The van der Waals surface area contributed by atoms with Crippen molar-refractivity contribution in [1.82, 2.24) is 15.1 Å². The van der Waals surface area contributed by atoms with Crippen molar-refractivity contribution in [3.8, 4) is 0 Å². The van der Waals surface area contributed by atoms with Crippen LogP contribution >= 0.6 is 0 Å². The Morgan fingerprint density at radius 3 is 2.58 bits per heavy atom. The highest BCUT2D eigenvalue weighted by Gasteiger charge is 2.10. The fraction of sp³-hybridized carbons (Fsp3) is 0.733. The molecule has 0 aromatic carbocycles. The van der Waals surface area contributed by atoms with E-state index in [1.807, 2.05) is 7.05 Å². The van der Waals surface area contributed by atoms with E-state index in [4.69, 9.17) is 4.42 Å². The average molecular weight is 267 g/mol. The van der Waals surface area contributed by atoms with Crippen molar-refractivity contribution in [2.24, 2.45) is 0 Å². The summed E-state index contributed by atoms with van der Waals surface area (Å²) >= 11 is 0. The van der Waals surface area contributed by atoms with E-state index in [2.05, 4.69) is 49.1 Å². The molecule has 0 aliphatic rings. The minimum atomic E-state index is 0.799. The van der Waals surface area contributed by atoms with Crippen LogP contribution in [0.1, 0.15) is 30.4 Å². The summed E-state index contributed by atoms with van der Waals surface area (Å²) < 4.78 is 5.75. The van der Waals surface area contributed by atoms with Crippen molar-refractivity contribution >= 4 is 0 Å². The maximum Gasteiger partial charge on any atom is 0.118 e. The molecule has 0 atom stereocenters. The molecule has 0 bridgehead atoms. The molecule has 1 N–H and O–H groups in total. The predicted octanol–water partition coefficient (Wildman–Crippen LogP) is 2.08. The fourth-order valence-corrected chi connectivity index (χ4v) is 2.21. The Hall–Kier alpha value is -0.840. The van der Waals surface area contributed by atoms with Gasteiger partial charge in [0.25, 0.3) is 0 Å². The van der Waals surface area contributed by atoms with Gasteiger partial charge < -0.3 is 14.6 Å². The van der Waals surface area contributed by atoms with Crippen molar-refractivity contribution in [2.45, 2.75) is 33.4 Å². The van der Waals surface area contributed by atoms with Gasteiger partial charge in [-0.25, -0.2) is 0 Å². The Balaban J connectivity index is 2.50. The lowest BCUT2D eigenvalue weighted by molar-refractivity contribution is 0.258. The van der Waals surface area contributed by atoms with Crippen molar-refractivity contribution in [2.75, 3.05) is 40.8 Å². The number of nitrogens with one attached hydrogen (secondary N) is 1. The molecular weight excluding hydrogens is 238 g/mol. The molecule has 4 nitrogen and oxygen atoms in total. The predicted molar refractivity (Wildman–Crippen MR) is 80.3 cm³/mol. The van der Waals surface area contributed by atoms with Crippen LogP contribution < -0.4 is 5.32 Å². The molecule has 1 aromatic heterocycles. The summed E-state index contributed by atoms with van der Waals surface area (Å²) in [6.07, 6.45) is 1.21. The Morgan fingerprint density at radius 2 is 2.00 bits per heavy atom. The van der Waals surface area contributed by atoms with Crippen molar-refractivity contribution in [3.63, 3.8) is 0 Å². The molecular formula is C15H29N3O. The number of hydrogen-bond acceptors (Lipinski definition) is 4. The Bertz CT molecular complexity index is 360. The van der Waals surface area contributed by atoms with E-state index >= 15 is 0 Å². The summed E-state index contributed by atoms with van der Waals surface area (Å²) in [4.78, 5) is 4.71. The first-order valence-corrected chi connectivity index (χ1v) is 7.16. The van der Waals surface area contributed by atoms with Gasteiger partial charge in [0.1, 0.15) is 11.5 Å². The van der Waals surface area contributed by atoms with Crippen LogP contribution in [-0.4, -0.2) is 50.6 Å². The second kappa shape index (κ2) is 8.35. The lowest BCUT2D eigenvalue weighted by Crippen LogP contribution is -2.27. The van der Waals surface area contributed by atoms with Crippen LogP contribution in [0.3, 0.4) is 0 Å². The summed E-state index contributed by atoms with van der Waals surface area (Å²) in [5.41, 5.74) is 1.32. The standard InChI is InChI=1S/C15H29N3O/c1-6-18(9-7-8-17(4)5)12-14-10-15(11-16-3)19-13(14)2/h10,16H,6-9,11-12H2,1-5H3. The highest BCUT2D eigenvalue weighted by molar-refractivity contribution is 5.20. The topological polar surface area (TPSA) is 31.6 Å². The molecule has 0 aliphatic heterocycles. The molecule has 4 heteroatoms. The molecule has 0 saturated heterocycles. The number of nitrogens with zero attached hydrogens (tertiary/aromatic N) is 2. The molecule has 0 spiro atoms. The SMILES string of the molecule is CCN(CCCN(C)C)Cc1cc(CNC)oc1C. The summed E-state index contributed by atoms with van der Waals surface area (Å²) in [5.74, 6) is 2.08. The van der Waals surface area contributed by atoms with Crippen LogP contribution in [0.4, 0.5) is 0 Å². The summed E-state index contributed by atoms with van der Waals surface area (Å²) in [6.45, 7) is 9.43. The zero-order valence-electron chi connectivity index (χ0n) is 13.1. The lowest BCUT2D eigenvalue weighted by Gasteiger charge is -2.21. The van der Waals surface area contributed by atoms with E-state index < -0.39 is 0 Å². The third kappa shape index (κ3) is 5.76. The van der Waals surface area contributed by atoms with E-state index in [1.165, 1.54) is 12.0 Å². The number of furan rings is 1. The van der Waals surface area contributed by atoms with E-state index in [0.29, 0.717) is 0 Å². The largest absolute Gasteiger partial charge is 0.465 e. The highest BCUT2D eigenvalue weighted by Crippen LogP contribution is 2.16. The summed E-state index contributed by atoms with van der Waals surface area (Å²) in [5, 5.41) is 3.13. The van der Waals surface area contributed by atoms with Crippen LogP contribution in [-0.2, 0) is 13.1 Å². The molecule has 0 amide bonds. The monoisotopic (exact) mass is 267 g/mol. The minimum Gasteiger partial charge on any atom is -0.465 e. The second-order valence-corrected chi connectivity index (χ2v) is 5.35. The lowest BCUT2D eigenvalue weighted by atomic mass is 10.2. The van der Waals surface area contributed by atoms with Crippen molar-refractivity contribution in [1.29, 1.82) is 0 Å². The van der Waals surface area contributed by atoms with Gasteiger partial charge in [-0.2, -0.15) is 0 Å². The van der Waals surface area contributed by atoms with E-state index in [-0.39, 0.29) is 0 Å². The maximum atomic E-state index is 5.75. The Labute approximate surface area is 117 Å². The van der Waals surface area contributed by atoms with E-state index in [9.17, 15) is 0 Å². The maximum absolute atomic E-state index is 5.75. The van der Waals surface area contributed by atoms with Gasteiger partial charge in [0.05, 0.1) is 6.54 Å². The first kappa shape index (κ1) is 16.2. The zero-order chi connectivity index (χ0) is 14.3. The molecule has 1 rings (SSSR count). The van der Waals surface area contributed by atoms with Crippen LogP contribution in [0.25, 0.3) is 0 Å². The van der Waals surface area contributed by atoms with E-state index in [1.54, 1.807) is 0 Å². The zero-order valence-corrected chi connectivity index (χ0v) is 13.1. The van der Waals surface area contributed by atoms with Crippen LogP contribution in [0.5, 0.6) is 0 Å². The normalized spacial score (nSPS) is 11.7. The van der Waals surface area contributed by atoms with Crippen molar-refractivity contribution in [3.05, 3.63) is 23.2 Å². The number of rotatable bonds is 9. The Morgan fingerprint density at radius 1 is 1.26 bits per heavy atom. The quantitative estimate of drug-likeness (QED) is 0.742. The minimum absolute atomic E-state index is 0.799. The van der Waals surface area contributed by atoms with Gasteiger partial charge in [-0.15, -0.1) is 0 Å². The van der Waals surface area contributed by atoms with Gasteiger partial charge in [0.2, 0.25) is 0 Å². The van der Waals surface area contributed by atoms with Gasteiger partial charge in [0, 0.05) is 12.1 Å². The number of hydrogen-bond donors (Lipinski definition) is 1. The first-order chi connectivity index (χ1) is 9.06. The number of aryl methyl sites for hydroxylation is 1. The molecule has 0 saturated carbocycles. The van der Waals surface area contributed by atoms with Gasteiger partial charge in [-0.3, -0.25) is 4.90 Å². The third-order valence-corrected chi connectivity index (χ3v) is 3.34. The van der Waals surface area contributed by atoms with Gasteiger partial charge in [-0.05, 0) is 60.2 Å². The fourth-order valence-electron chi connectivity index (χ4n) is 2.21. The average Bonchev–Trinajstić information content (AvgIpc) is 2.68. The van der Waals surface area contributed by atoms with Crippen LogP contribution in [0, 0.1) is 6.92 Å². The van der Waals surface area contributed by atoms with Gasteiger partial charge >= 0.3 is 0 Å². The van der Waals surface area contributed by atoms with Crippen molar-refractivity contribution < 1.29 is 4.42 Å². The summed E-state index contributed by atoms with van der Waals surface area (Å²) in [7, 11) is 6.19. The second-order valence-electron chi connectivity index (χ2n) is 5.35.